The topological polar surface area (TPSA) is 84.4 Å². The second-order valence-corrected chi connectivity index (χ2v) is 4.86. The van der Waals surface area contributed by atoms with E-state index in [1.54, 1.807) is 13.0 Å². The van der Waals surface area contributed by atoms with E-state index in [4.69, 9.17) is 10.3 Å². The molecule has 0 unspecified atom stereocenters. The van der Waals surface area contributed by atoms with E-state index in [0.29, 0.717) is 31.2 Å². The predicted molar refractivity (Wildman–Crippen MR) is 80.6 cm³/mol. The van der Waals surface area contributed by atoms with Crippen LogP contribution in [0.15, 0.2) is 40.9 Å². The molecule has 0 fully saturated rings. The van der Waals surface area contributed by atoms with Gasteiger partial charge in [-0.15, -0.1) is 0 Å². The van der Waals surface area contributed by atoms with Crippen LogP contribution in [-0.2, 0) is 11.3 Å². The lowest BCUT2D eigenvalue weighted by Crippen LogP contribution is -2.36. The molecule has 0 saturated heterocycles. The lowest BCUT2D eigenvalue weighted by atomic mass is 10.2. The molecule has 112 valence electrons. The first-order valence-corrected chi connectivity index (χ1v) is 6.87. The fourth-order valence-corrected chi connectivity index (χ4v) is 2.05. The van der Waals surface area contributed by atoms with E-state index in [2.05, 4.69) is 10.5 Å². The first kappa shape index (κ1) is 15.2. The van der Waals surface area contributed by atoms with Crippen LogP contribution in [0.3, 0.4) is 0 Å². The molecule has 6 nitrogen and oxygen atoms in total. The number of aromatic nitrogens is 1. The number of anilines is 1. The monoisotopic (exact) mass is 288 g/mol. The number of carbonyl (C=O) groups excluding carboxylic acids is 1. The Morgan fingerprint density at radius 1 is 1.38 bits per heavy atom. The van der Waals surface area contributed by atoms with Crippen molar-refractivity contribution in [1.29, 1.82) is 0 Å². The van der Waals surface area contributed by atoms with Crippen molar-refractivity contribution in [1.82, 2.24) is 10.1 Å². The van der Waals surface area contributed by atoms with Crippen LogP contribution in [0.1, 0.15) is 11.3 Å². The van der Waals surface area contributed by atoms with Gasteiger partial charge in [0.25, 0.3) is 0 Å². The highest BCUT2D eigenvalue weighted by molar-refractivity contribution is 5.91. The first-order chi connectivity index (χ1) is 10.2. The Labute approximate surface area is 123 Å². The summed E-state index contributed by atoms with van der Waals surface area (Å²) in [5, 5.41) is 6.45. The minimum absolute atomic E-state index is 0.132. The van der Waals surface area contributed by atoms with Gasteiger partial charge in [-0.25, -0.2) is 0 Å². The number of carbonyl (C=O) groups is 1. The molecule has 0 aliphatic carbocycles. The summed E-state index contributed by atoms with van der Waals surface area (Å²) in [4.78, 5) is 14.0. The van der Waals surface area contributed by atoms with Crippen LogP contribution in [-0.4, -0.2) is 35.6 Å². The molecule has 0 bridgehead atoms. The number of nitrogens with one attached hydrogen (secondary N) is 1. The average molecular weight is 288 g/mol. The lowest BCUT2D eigenvalue weighted by molar-refractivity contribution is -0.117. The molecule has 0 aliphatic rings. The Bertz CT molecular complexity index is 568. The Morgan fingerprint density at radius 2 is 2.14 bits per heavy atom. The van der Waals surface area contributed by atoms with Crippen molar-refractivity contribution in [2.75, 3.05) is 25.0 Å². The maximum Gasteiger partial charge on any atom is 0.239 e. The summed E-state index contributed by atoms with van der Waals surface area (Å²) in [6, 6.07) is 11.7. The van der Waals surface area contributed by atoms with Gasteiger partial charge >= 0.3 is 0 Å². The largest absolute Gasteiger partial charge is 0.360 e. The Hall–Kier alpha value is -2.18. The first-order valence-electron chi connectivity index (χ1n) is 6.87. The molecule has 0 atom stereocenters. The Balaban J connectivity index is 1.91. The lowest BCUT2D eigenvalue weighted by Gasteiger charge is -2.20. The summed E-state index contributed by atoms with van der Waals surface area (Å²) in [5.41, 5.74) is 6.76. The number of hydrogen-bond donors (Lipinski definition) is 2. The van der Waals surface area contributed by atoms with E-state index in [1.807, 2.05) is 35.2 Å². The van der Waals surface area contributed by atoms with Crippen molar-refractivity contribution in [2.24, 2.45) is 5.73 Å². The van der Waals surface area contributed by atoms with Crippen molar-refractivity contribution < 1.29 is 9.32 Å². The highest BCUT2D eigenvalue weighted by Gasteiger charge is 2.12. The number of hydrogen-bond acceptors (Lipinski definition) is 5. The highest BCUT2D eigenvalue weighted by atomic mass is 16.5. The third-order valence-electron chi connectivity index (χ3n) is 2.96. The molecule has 1 amide bonds. The van der Waals surface area contributed by atoms with Crippen molar-refractivity contribution in [3.8, 4) is 0 Å². The van der Waals surface area contributed by atoms with Gasteiger partial charge in [-0.3, -0.25) is 9.69 Å². The zero-order valence-electron chi connectivity index (χ0n) is 12.1. The zero-order chi connectivity index (χ0) is 15.1. The van der Waals surface area contributed by atoms with E-state index < -0.39 is 0 Å². The van der Waals surface area contributed by atoms with E-state index in [9.17, 15) is 4.79 Å². The maximum atomic E-state index is 12.0. The summed E-state index contributed by atoms with van der Waals surface area (Å²) >= 11 is 0. The molecule has 0 radical (unpaired) electrons. The van der Waals surface area contributed by atoms with Gasteiger partial charge in [0.15, 0.2) is 5.82 Å². The second kappa shape index (κ2) is 7.56. The molecule has 21 heavy (non-hydrogen) atoms. The Kier molecular flexibility index (Phi) is 5.48. The SMILES string of the molecule is Cc1cc(NC(=O)CN(CCN)Cc2ccccc2)no1. The summed E-state index contributed by atoms with van der Waals surface area (Å²) < 4.78 is 4.92. The fraction of sp³-hybridized carbons (Fsp3) is 0.333. The van der Waals surface area contributed by atoms with Gasteiger partial charge in [-0.1, -0.05) is 35.5 Å². The smallest absolute Gasteiger partial charge is 0.239 e. The van der Waals surface area contributed by atoms with Gasteiger partial charge < -0.3 is 15.6 Å². The molecule has 2 aromatic rings. The van der Waals surface area contributed by atoms with Crippen LogP contribution < -0.4 is 11.1 Å². The number of nitrogens with zero attached hydrogens (tertiary/aromatic N) is 2. The standard InChI is InChI=1S/C15H20N4O2/c1-12-9-14(18-21-12)17-15(20)11-19(8-7-16)10-13-5-3-2-4-6-13/h2-6,9H,7-8,10-11,16H2,1H3,(H,17,18,20). The van der Waals surface area contributed by atoms with Gasteiger partial charge in [0, 0.05) is 25.7 Å². The number of rotatable bonds is 7. The molecule has 3 N–H and O–H groups in total. The molecule has 2 rings (SSSR count). The van der Waals surface area contributed by atoms with Crippen molar-refractivity contribution in [3.63, 3.8) is 0 Å². The number of amides is 1. The minimum atomic E-state index is -0.132. The predicted octanol–water partition coefficient (Wildman–Crippen LogP) is 1.38. The molecular formula is C15H20N4O2. The van der Waals surface area contributed by atoms with E-state index in [-0.39, 0.29) is 12.5 Å². The minimum Gasteiger partial charge on any atom is -0.360 e. The molecular weight excluding hydrogens is 268 g/mol. The van der Waals surface area contributed by atoms with Crippen LogP contribution in [0.25, 0.3) is 0 Å². The van der Waals surface area contributed by atoms with Gasteiger partial charge in [-0.05, 0) is 12.5 Å². The van der Waals surface area contributed by atoms with Gasteiger partial charge in [0.2, 0.25) is 5.91 Å². The van der Waals surface area contributed by atoms with Crippen LogP contribution in [0.4, 0.5) is 5.82 Å². The molecule has 1 aromatic carbocycles. The van der Waals surface area contributed by atoms with Crippen LogP contribution in [0.5, 0.6) is 0 Å². The normalized spacial score (nSPS) is 10.8. The van der Waals surface area contributed by atoms with Crippen LogP contribution >= 0.6 is 0 Å². The average Bonchev–Trinajstić information content (AvgIpc) is 2.85. The number of aryl methyl sites for hydroxylation is 1. The van der Waals surface area contributed by atoms with Gasteiger partial charge in [0.1, 0.15) is 5.76 Å². The number of benzene rings is 1. The summed E-state index contributed by atoms with van der Waals surface area (Å²) in [7, 11) is 0. The van der Waals surface area contributed by atoms with Crippen molar-refractivity contribution >= 4 is 11.7 Å². The van der Waals surface area contributed by atoms with Crippen LogP contribution in [0, 0.1) is 6.92 Å². The fourth-order valence-electron chi connectivity index (χ4n) is 2.05. The Morgan fingerprint density at radius 3 is 2.76 bits per heavy atom. The molecule has 0 spiro atoms. The zero-order valence-corrected chi connectivity index (χ0v) is 12.1. The van der Waals surface area contributed by atoms with Gasteiger partial charge in [-0.2, -0.15) is 0 Å². The third kappa shape index (κ3) is 5.02. The molecule has 1 heterocycles. The molecule has 0 saturated carbocycles. The van der Waals surface area contributed by atoms with E-state index in [0.717, 1.165) is 5.56 Å². The summed E-state index contributed by atoms with van der Waals surface area (Å²) in [6.07, 6.45) is 0. The molecule has 1 aromatic heterocycles. The summed E-state index contributed by atoms with van der Waals surface area (Å²) in [6.45, 7) is 3.88. The van der Waals surface area contributed by atoms with Crippen molar-refractivity contribution in [3.05, 3.63) is 47.7 Å². The van der Waals surface area contributed by atoms with Crippen LogP contribution in [0.2, 0.25) is 0 Å². The van der Waals surface area contributed by atoms with E-state index >= 15 is 0 Å². The van der Waals surface area contributed by atoms with E-state index in [1.165, 1.54) is 0 Å². The second-order valence-electron chi connectivity index (χ2n) is 4.86. The molecule has 0 aliphatic heterocycles. The quantitative estimate of drug-likeness (QED) is 0.804. The van der Waals surface area contributed by atoms with Crippen molar-refractivity contribution in [2.45, 2.75) is 13.5 Å². The third-order valence-corrected chi connectivity index (χ3v) is 2.96. The van der Waals surface area contributed by atoms with Gasteiger partial charge in [0.05, 0.1) is 6.54 Å². The highest BCUT2D eigenvalue weighted by Crippen LogP contribution is 2.08. The maximum absolute atomic E-state index is 12.0. The number of nitrogens with two attached hydrogens (primary N) is 1. The molecule has 6 heteroatoms. The summed E-state index contributed by atoms with van der Waals surface area (Å²) in [5.74, 6) is 0.964.